The van der Waals surface area contributed by atoms with Gasteiger partial charge in [0.1, 0.15) is 0 Å². The van der Waals surface area contributed by atoms with Crippen molar-refractivity contribution in [1.82, 2.24) is 4.90 Å². The second-order valence-corrected chi connectivity index (χ2v) is 4.25. The third kappa shape index (κ3) is 1.97. The maximum Gasteiger partial charge on any atom is 0.0876 e. The fourth-order valence-electron chi connectivity index (χ4n) is 1.97. The SMILES string of the molecule is C[C@@H]1CN(/C=N/CN)C(C)(C)C1. The van der Waals surface area contributed by atoms with Crippen molar-refractivity contribution >= 4 is 6.34 Å². The first-order valence-electron chi connectivity index (χ1n) is 4.53. The molecule has 0 aliphatic carbocycles. The molecule has 0 aromatic rings. The minimum atomic E-state index is 0.262. The van der Waals surface area contributed by atoms with Crippen LogP contribution in [0.1, 0.15) is 27.2 Å². The van der Waals surface area contributed by atoms with Gasteiger partial charge in [-0.25, -0.2) is 0 Å². The van der Waals surface area contributed by atoms with Crippen LogP contribution in [-0.4, -0.2) is 30.0 Å². The van der Waals surface area contributed by atoms with Crippen LogP contribution in [0.2, 0.25) is 0 Å². The second kappa shape index (κ2) is 3.44. The molecule has 1 fully saturated rings. The normalized spacial score (nSPS) is 28.7. The van der Waals surface area contributed by atoms with Gasteiger partial charge in [-0.2, -0.15) is 0 Å². The topological polar surface area (TPSA) is 41.6 Å². The summed E-state index contributed by atoms with van der Waals surface area (Å²) < 4.78 is 0. The monoisotopic (exact) mass is 169 g/mol. The van der Waals surface area contributed by atoms with Gasteiger partial charge in [0.25, 0.3) is 0 Å². The van der Waals surface area contributed by atoms with Gasteiger partial charge in [0.2, 0.25) is 0 Å². The van der Waals surface area contributed by atoms with E-state index in [1.165, 1.54) is 6.42 Å². The van der Waals surface area contributed by atoms with Crippen molar-refractivity contribution in [3.05, 3.63) is 0 Å². The molecule has 2 N–H and O–H groups in total. The molecule has 1 rings (SSSR count). The highest BCUT2D eigenvalue weighted by Crippen LogP contribution is 2.30. The molecule has 0 unspecified atom stereocenters. The molecular weight excluding hydrogens is 150 g/mol. The number of likely N-dealkylation sites (tertiary alicyclic amines) is 1. The Hall–Kier alpha value is -0.570. The summed E-state index contributed by atoms with van der Waals surface area (Å²) in [5.41, 5.74) is 5.57. The highest BCUT2D eigenvalue weighted by atomic mass is 15.2. The molecule has 1 atom stereocenters. The lowest BCUT2D eigenvalue weighted by atomic mass is 9.98. The Morgan fingerprint density at radius 2 is 2.33 bits per heavy atom. The van der Waals surface area contributed by atoms with Crippen LogP contribution in [0.25, 0.3) is 0 Å². The van der Waals surface area contributed by atoms with Gasteiger partial charge in [-0.1, -0.05) is 6.92 Å². The van der Waals surface area contributed by atoms with Crippen molar-refractivity contribution < 1.29 is 0 Å². The molecule has 1 aliphatic heterocycles. The lowest BCUT2D eigenvalue weighted by Crippen LogP contribution is -2.37. The summed E-state index contributed by atoms with van der Waals surface area (Å²) in [5.74, 6) is 0.768. The molecule has 0 spiro atoms. The highest BCUT2D eigenvalue weighted by Gasteiger charge is 2.34. The third-order valence-electron chi connectivity index (χ3n) is 2.46. The zero-order chi connectivity index (χ0) is 9.19. The summed E-state index contributed by atoms with van der Waals surface area (Å²) in [7, 11) is 0. The summed E-state index contributed by atoms with van der Waals surface area (Å²) >= 11 is 0. The molecule has 70 valence electrons. The number of hydrogen-bond donors (Lipinski definition) is 1. The minimum Gasteiger partial charge on any atom is -0.358 e. The molecule has 0 aromatic heterocycles. The maximum atomic E-state index is 5.31. The van der Waals surface area contributed by atoms with Crippen LogP contribution >= 0.6 is 0 Å². The Morgan fingerprint density at radius 1 is 1.67 bits per heavy atom. The Morgan fingerprint density at radius 3 is 2.75 bits per heavy atom. The van der Waals surface area contributed by atoms with Crippen LogP contribution in [0.4, 0.5) is 0 Å². The molecule has 1 aliphatic rings. The van der Waals surface area contributed by atoms with Crippen molar-refractivity contribution in [2.45, 2.75) is 32.7 Å². The standard InChI is InChI=1S/C9H19N3/c1-8-4-9(2,3)12(5-8)7-11-6-10/h7-8H,4-6,10H2,1-3H3/b11-7+/t8-/m0/s1. The van der Waals surface area contributed by atoms with Crippen molar-refractivity contribution in [3.8, 4) is 0 Å². The van der Waals surface area contributed by atoms with E-state index in [1.54, 1.807) is 0 Å². The fraction of sp³-hybridized carbons (Fsp3) is 0.889. The predicted octanol–water partition coefficient (Wildman–Crippen LogP) is 1.05. The summed E-state index contributed by atoms with van der Waals surface area (Å²) in [6.45, 7) is 8.27. The van der Waals surface area contributed by atoms with Gasteiger partial charge in [0.05, 0.1) is 13.0 Å². The van der Waals surface area contributed by atoms with E-state index in [4.69, 9.17) is 5.73 Å². The van der Waals surface area contributed by atoms with Crippen molar-refractivity contribution in [2.24, 2.45) is 16.6 Å². The van der Waals surface area contributed by atoms with Gasteiger partial charge in [0.15, 0.2) is 0 Å². The van der Waals surface area contributed by atoms with Crippen LogP contribution in [-0.2, 0) is 0 Å². The third-order valence-corrected chi connectivity index (χ3v) is 2.46. The lowest BCUT2D eigenvalue weighted by molar-refractivity contribution is 0.289. The van der Waals surface area contributed by atoms with Crippen LogP contribution < -0.4 is 5.73 Å². The molecule has 1 heterocycles. The molecule has 3 nitrogen and oxygen atoms in total. The average Bonchev–Trinajstić information content (AvgIpc) is 2.20. The molecule has 12 heavy (non-hydrogen) atoms. The van der Waals surface area contributed by atoms with Gasteiger partial charge < -0.3 is 10.6 Å². The molecule has 0 radical (unpaired) electrons. The first kappa shape index (κ1) is 9.52. The summed E-state index contributed by atoms with van der Waals surface area (Å²) in [4.78, 5) is 6.34. The van der Waals surface area contributed by atoms with Crippen LogP contribution in [0.3, 0.4) is 0 Å². The van der Waals surface area contributed by atoms with Crippen LogP contribution in [0.5, 0.6) is 0 Å². The lowest BCUT2D eigenvalue weighted by Gasteiger charge is -2.29. The zero-order valence-corrected chi connectivity index (χ0v) is 8.25. The largest absolute Gasteiger partial charge is 0.358 e. The van der Waals surface area contributed by atoms with Gasteiger partial charge in [-0.05, 0) is 26.2 Å². The Balaban J connectivity index is 2.59. The van der Waals surface area contributed by atoms with Crippen molar-refractivity contribution in [3.63, 3.8) is 0 Å². The average molecular weight is 169 g/mol. The summed E-state index contributed by atoms with van der Waals surface area (Å²) in [6.07, 6.45) is 3.13. The van der Waals surface area contributed by atoms with E-state index < -0.39 is 0 Å². The molecular formula is C9H19N3. The number of aliphatic imine (C=N–C) groups is 1. The Kier molecular flexibility index (Phi) is 2.73. The van der Waals surface area contributed by atoms with Crippen molar-refractivity contribution in [1.29, 1.82) is 0 Å². The molecule has 1 saturated heterocycles. The first-order chi connectivity index (χ1) is 5.56. The minimum absolute atomic E-state index is 0.262. The van der Waals surface area contributed by atoms with Crippen LogP contribution in [0, 0.1) is 5.92 Å². The smallest absolute Gasteiger partial charge is 0.0876 e. The summed E-state index contributed by atoms with van der Waals surface area (Å²) in [5, 5.41) is 0. The number of hydrogen-bond acceptors (Lipinski definition) is 2. The van der Waals surface area contributed by atoms with E-state index in [-0.39, 0.29) is 5.54 Å². The number of nitrogens with zero attached hydrogens (tertiary/aromatic N) is 2. The molecule has 0 bridgehead atoms. The molecule has 0 aromatic carbocycles. The number of rotatable bonds is 2. The second-order valence-electron chi connectivity index (χ2n) is 4.25. The van der Waals surface area contributed by atoms with E-state index in [0.717, 1.165) is 12.5 Å². The Bertz CT molecular complexity index is 175. The van der Waals surface area contributed by atoms with Gasteiger partial charge in [-0.15, -0.1) is 0 Å². The van der Waals surface area contributed by atoms with Gasteiger partial charge >= 0.3 is 0 Å². The molecule has 0 amide bonds. The quantitative estimate of drug-likeness (QED) is 0.496. The van der Waals surface area contributed by atoms with E-state index in [2.05, 4.69) is 30.7 Å². The Labute approximate surface area is 74.6 Å². The number of nitrogens with two attached hydrogens (primary N) is 1. The fourth-order valence-corrected chi connectivity index (χ4v) is 1.97. The van der Waals surface area contributed by atoms with E-state index in [1.807, 2.05) is 6.34 Å². The molecule has 3 heteroatoms. The van der Waals surface area contributed by atoms with E-state index >= 15 is 0 Å². The molecule has 0 saturated carbocycles. The highest BCUT2D eigenvalue weighted by molar-refractivity contribution is 5.56. The van der Waals surface area contributed by atoms with E-state index in [9.17, 15) is 0 Å². The van der Waals surface area contributed by atoms with Gasteiger partial charge in [-0.3, -0.25) is 4.99 Å². The van der Waals surface area contributed by atoms with Gasteiger partial charge in [0, 0.05) is 12.1 Å². The van der Waals surface area contributed by atoms with Crippen molar-refractivity contribution in [2.75, 3.05) is 13.2 Å². The predicted molar refractivity (Wildman–Crippen MR) is 52.1 cm³/mol. The summed E-state index contributed by atoms with van der Waals surface area (Å²) in [6, 6.07) is 0. The van der Waals surface area contributed by atoms with Crippen LogP contribution in [0.15, 0.2) is 4.99 Å². The zero-order valence-electron chi connectivity index (χ0n) is 8.25. The first-order valence-corrected chi connectivity index (χ1v) is 4.53. The maximum absolute atomic E-state index is 5.31. The van der Waals surface area contributed by atoms with E-state index in [0.29, 0.717) is 6.67 Å².